The Kier molecular flexibility index (Phi) is 6.93. The van der Waals surface area contributed by atoms with Crippen molar-refractivity contribution in [2.24, 2.45) is 0 Å². The molecule has 0 N–H and O–H groups in total. The zero-order chi connectivity index (χ0) is 35.8. The molecule has 2 heteroatoms. The second kappa shape index (κ2) is 12.1. The van der Waals surface area contributed by atoms with E-state index in [1.54, 1.807) is 0 Å². The van der Waals surface area contributed by atoms with Crippen molar-refractivity contribution >= 4 is 70.6 Å². The largest absolute Gasteiger partial charge is 0.296 e. The molecule has 0 atom stereocenters. The van der Waals surface area contributed by atoms with E-state index in [9.17, 15) is 0 Å². The molecule has 1 aliphatic carbocycles. The Hall–Kier alpha value is -6.77. The minimum Gasteiger partial charge on any atom is -0.296 e. The highest BCUT2D eigenvalue weighted by Crippen LogP contribution is 2.45. The quantitative estimate of drug-likeness (QED) is 0.133. The lowest BCUT2D eigenvalue weighted by molar-refractivity contribution is 0.960. The summed E-state index contributed by atoms with van der Waals surface area (Å²) in [6.45, 7) is 2.16. The van der Waals surface area contributed by atoms with Crippen molar-refractivity contribution in [3.05, 3.63) is 182 Å². The number of hydrogen-bond donors (Lipinski definition) is 0. The van der Waals surface area contributed by atoms with Gasteiger partial charge in [-0.05, 0) is 120 Å². The van der Waals surface area contributed by atoms with Gasteiger partial charge in [0.15, 0.2) is 0 Å². The van der Waals surface area contributed by atoms with Crippen molar-refractivity contribution in [1.82, 2.24) is 9.55 Å². The van der Waals surface area contributed by atoms with E-state index in [0.717, 1.165) is 35.3 Å². The smallest absolute Gasteiger partial charge is 0.145 e. The third-order valence-corrected chi connectivity index (χ3v) is 11.5. The Morgan fingerprint density at radius 3 is 1.76 bits per heavy atom. The number of hydrogen-bond acceptors (Lipinski definition) is 1. The molecule has 0 amide bonds. The Morgan fingerprint density at radius 2 is 1.07 bits per heavy atom. The third-order valence-electron chi connectivity index (χ3n) is 11.5. The highest BCUT2D eigenvalue weighted by molar-refractivity contribution is 6.24. The molecule has 10 aromatic rings. The molecule has 2 nitrogen and oxygen atoms in total. The Bertz CT molecular complexity index is 3150. The summed E-state index contributed by atoms with van der Waals surface area (Å²) in [5.41, 5.74) is 10.8. The molecular weight excluding hydrogens is 653 g/mol. The summed E-state index contributed by atoms with van der Waals surface area (Å²) in [4.78, 5) is 5.26. The number of aryl methyl sites for hydroxylation is 1. The van der Waals surface area contributed by atoms with Crippen molar-refractivity contribution in [1.29, 1.82) is 0 Å². The first-order chi connectivity index (χ1) is 26.7. The van der Waals surface area contributed by atoms with Gasteiger partial charge in [-0.25, -0.2) is 4.98 Å². The lowest BCUT2D eigenvalue weighted by Crippen LogP contribution is -2.01. The van der Waals surface area contributed by atoms with Gasteiger partial charge in [-0.15, -0.1) is 0 Å². The molecule has 11 rings (SSSR count). The van der Waals surface area contributed by atoms with Crippen LogP contribution in [0.15, 0.2) is 176 Å². The van der Waals surface area contributed by atoms with Crippen molar-refractivity contribution in [2.75, 3.05) is 0 Å². The van der Waals surface area contributed by atoms with Crippen LogP contribution in [0.25, 0.3) is 104 Å². The van der Waals surface area contributed by atoms with Crippen LogP contribution in [0.1, 0.15) is 18.4 Å². The van der Waals surface area contributed by atoms with Crippen LogP contribution in [-0.2, 0) is 0 Å². The molecule has 9 aromatic carbocycles. The van der Waals surface area contributed by atoms with E-state index >= 15 is 0 Å². The lowest BCUT2D eigenvalue weighted by Gasteiger charge is -2.19. The van der Waals surface area contributed by atoms with E-state index in [4.69, 9.17) is 4.98 Å². The van der Waals surface area contributed by atoms with Crippen LogP contribution < -0.4 is 0 Å². The third kappa shape index (κ3) is 4.70. The predicted octanol–water partition coefficient (Wildman–Crippen LogP) is 14.3. The van der Waals surface area contributed by atoms with E-state index in [0.29, 0.717) is 0 Å². The molecule has 1 aromatic heterocycles. The molecular formula is C52H36N2. The topological polar surface area (TPSA) is 17.8 Å². The van der Waals surface area contributed by atoms with E-state index < -0.39 is 0 Å². The summed E-state index contributed by atoms with van der Waals surface area (Å²) in [6, 6.07) is 58.3. The molecule has 54 heavy (non-hydrogen) atoms. The summed E-state index contributed by atoms with van der Waals surface area (Å²) in [5.74, 6) is 0.995. The number of imidazole rings is 1. The van der Waals surface area contributed by atoms with Crippen molar-refractivity contribution in [3.63, 3.8) is 0 Å². The molecule has 0 aliphatic heterocycles. The van der Waals surface area contributed by atoms with Gasteiger partial charge in [-0.1, -0.05) is 158 Å². The summed E-state index contributed by atoms with van der Waals surface area (Å²) in [6.07, 6.45) is 8.69. The fourth-order valence-electron chi connectivity index (χ4n) is 9.02. The van der Waals surface area contributed by atoms with Crippen LogP contribution in [0.2, 0.25) is 0 Å². The fraction of sp³-hybridized carbons (Fsp3) is 0.0577. The minimum absolute atomic E-state index is 0.995. The van der Waals surface area contributed by atoms with Crippen molar-refractivity contribution in [2.45, 2.75) is 19.8 Å². The van der Waals surface area contributed by atoms with Gasteiger partial charge in [0.25, 0.3) is 0 Å². The van der Waals surface area contributed by atoms with Crippen LogP contribution in [0.5, 0.6) is 0 Å². The van der Waals surface area contributed by atoms with Crippen LogP contribution in [-0.4, -0.2) is 9.55 Å². The second-order valence-electron chi connectivity index (χ2n) is 14.6. The normalized spacial score (nSPS) is 13.2. The molecule has 1 aliphatic rings. The number of fused-ring (bicyclic) bond motifs is 8. The van der Waals surface area contributed by atoms with Gasteiger partial charge >= 0.3 is 0 Å². The first-order valence-corrected chi connectivity index (χ1v) is 18.9. The molecule has 0 radical (unpaired) electrons. The molecule has 1 heterocycles. The summed E-state index contributed by atoms with van der Waals surface area (Å²) < 4.78 is 2.37. The van der Waals surface area contributed by atoms with E-state index in [2.05, 4.69) is 187 Å². The molecule has 0 saturated carbocycles. The van der Waals surface area contributed by atoms with Crippen molar-refractivity contribution in [3.8, 4) is 33.6 Å². The van der Waals surface area contributed by atoms with Gasteiger partial charge in [0, 0.05) is 11.3 Å². The Balaban J connectivity index is 1.11. The maximum Gasteiger partial charge on any atom is 0.145 e. The summed E-state index contributed by atoms with van der Waals surface area (Å²) in [5, 5.41) is 12.7. The summed E-state index contributed by atoms with van der Waals surface area (Å²) in [7, 11) is 0. The predicted molar refractivity (Wildman–Crippen MR) is 231 cm³/mol. The first kappa shape index (κ1) is 30.8. The van der Waals surface area contributed by atoms with E-state index in [1.807, 2.05) is 0 Å². The maximum atomic E-state index is 5.26. The van der Waals surface area contributed by atoms with E-state index in [-0.39, 0.29) is 0 Å². The average Bonchev–Trinajstić information content (AvgIpc) is 3.64. The maximum absolute atomic E-state index is 5.26. The first-order valence-electron chi connectivity index (χ1n) is 18.9. The van der Waals surface area contributed by atoms with Gasteiger partial charge in [0.1, 0.15) is 5.82 Å². The number of rotatable bonds is 4. The number of allylic oxidation sites excluding steroid dienone is 4. The highest BCUT2D eigenvalue weighted by atomic mass is 15.1. The van der Waals surface area contributed by atoms with Gasteiger partial charge < -0.3 is 0 Å². The molecule has 0 saturated heterocycles. The SMILES string of the molecule is Cc1cccc2c1nc(-c1ccc(-c3c4ccccc4c(-c4ccc5ccc6ccc7ccccc7c6c5c4)c4ccccc34)cc1)n2C1=CC=CCC1. The standard InChI is InChI=1S/C52H36N2/c1-33-12-11-21-47-51(33)53-52(54(47)40-14-3-2-4-15-40)38-29-27-37(28-30-38)49-42-17-7-9-19-44(42)50(45-20-10-8-18-43(45)49)39-31-24-35-23-26-36-25-22-34-13-5-6-16-41(34)48(36)46(35)32-39/h2-3,5-14,16-32H,4,15H2,1H3. The second-order valence-corrected chi connectivity index (χ2v) is 14.6. The number of nitrogens with zero attached hydrogens (tertiary/aromatic N) is 2. The van der Waals surface area contributed by atoms with Crippen LogP contribution in [0, 0.1) is 6.92 Å². The molecule has 0 unspecified atom stereocenters. The fourth-order valence-corrected chi connectivity index (χ4v) is 9.02. The average molecular weight is 689 g/mol. The van der Waals surface area contributed by atoms with Gasteiger partial charge in [-0.2, -0.15) is 0 Å². The molecule has 0 spiro atoms. The number of para-hydroxylation sites is 1. The van der Waals surface area contributed by atoms with E-state index in [1.165, 1.54) is 87.4 Å². The molecule has 0 bridgehead atoms. The monoisotopic (exact) mass is 688 g/mol. The summed E-state index contributed by atoms with van der Waals surface area (Å²) >= 11 is 0. The van der Waals surface area contributed by atoms with Gasteiger partial charge in [0.05, 0.1) is 11.0 Å². The van der Waals surface area contributed by atoms with Crippen molar-refractivity contribution < 1.29 is 0 Å². The molecule has 254 valence electrons. The highest BCUT2D eigenvalue weighted by Gasteiger charge is 2.20. The van der Waals surface area contributed by atoms with Crippen LogP contribution in [0.3, 0.4) is 0 Å². The Labute approximate surface area is 314 Å². The Morgan fingerprint density at radius 1 is 0.500 bits per heavy atom. The van der Waals surface area contributed by atoms with Gasteiger partial charge in [-0.3, -0.25) is 4.57 Å². The number of benzene rings is 9. The zero-order valence-corrected chi connectivity index (χ0v) is 30.1. The van der Waals surface area contributed by atoms with Crippen LogP contribution >= 0.6 is 0 Å². The molecule has 0 fully saturated rings. The van der Waals surface area contributed by atoms with Crippen LogP contribution in [0.4, 0.5) is 0 Å². The zero-order valence-electron chi connectivity index (χ0n) is 30.1. The minimum atomic E-state index is 0.995. The lowest BCUT2D eigenvalue weighted by atomic mass is 9.85. The van der Waals surface area contributed by atoms with Gasteiger partial charge in [0.2, 0.25) is 0 Å². The number of aromatic nitrogens is 2.